The average molecular weight is 460 g/mol. The van der Waals surface area contributed by atoms with Crippen molar-refractivity contribution in [1.82, 2.24) is 4.57 Å². The number of nitrogens with zero attached hydrogens (tertiary/aromatic N) is 1. The molecule has 0 atom stereocenters. The van der Waals surface area contributed by atoms with E-state index in [1.54, 1.807) is 0 Å². The molecule has 1 aliphatic rings. The molecule has 0 saturated heterocycles. The zero-order valence-electron chi connectivity index (χ0n) is 20.4. The summed E-state index contributed by atoms with van der Waals surface area (Å²) in [4.78, 5) is 0. The van der Waals surface area contributed by atoms with Crippen molar-refractivity contribution in [3.63, 3.8) is 0 Å². The smallest absolute Gasteiger partial charge is 0.0538 e. The van der Waals surface area contributed by atoms with E-state index in [9.17, 15) is 0 Å². The molecule has 0 radical (unpaired) electrons. The minimum Gasteiger partial charge on any atom is -0.312 e. The van der Waals surface area contributed by atoms with Crippen LogP contribution in [0.3, 0.4) is 0 Å². The number of rotatable bonds is 1. The molecule has 0 amide bonds. The molecule has 0 unspecified atom stereocenters. The van der Waals surface area contributed by atoms with Crippen LogP contribution in [0.15, 0.2) is 115 Å². The second kappa shape index (κ2) is 6.86. The molecule has 1 nitrogen and oxygen atoms in total. The van der Waals surface area contributed by atoms with Gasteiger partial charge in [-0.25, -0.2) is 0 Å². The fourth-order valence-electron chi connectivity index (χ4n) is 6.78. The van der Waals surface area contributed by atoms with Gasteiger partial charge in [-0.1, -0.05) is 111 Å². The Morgan fingerprint density at radius 3 is 1.72 bits per heavy atom. The van der Waals surface area contributed by atoms with E-state index in [1.807, 2.05) is 0 Å². The van der Waals surface area contributed by atoms with E-state index in [4.69, 9.17) is 0 Å². The van der Waals surface area contributed by atoms with Crippen LogP contribution in [-0.2, 0) is 5.41 Å². The average Bonchev–Trinajstić information content (AvgIpc) is 3.40. The molecule has 0 spiro atoms. The van der Waals surface area contributed by atoms with E-state index >= 15 is 0 Å². The Balaban J connectivity index is 1.53. The lowest BCUT2D eigenvalue weighted by molar-refractivity contribution is 0.624. The lowest BCUT2D eigenvalue weighted by Crippen LogP contribution is -2.19. The fraction of sp³-hybridized carbons (Fsp3) is 0.0857. The van der Waals surface area contributed by atoms with Crippen LogP contribution in [0.1, 0.15) is 25.1 Å². The van der Waals surface area contributed by atoms with Crippen LogP contribution in [0.2, 0.25) is 0 Å². The molecular formula is C35H25N. The molecule has 170 valence electrons. The topological polar surface area (TPSA) is 4.93 Å². The third-order valence-corrected chi connectivity index (χ3v) is 8.32. The van der Waals surface area contributed by atoms with Crippen LogP contribution in [0, 0.1) is 0 Å². The molecule has 8 rings (SSSR count). The molecule has 1 aromatic heterocycles. The Labute approximate surface area is 210 Å². The lowest BCUT2D eigenvalue weighted by atomic mass is 9.85. The first-order valence-corrected chi connectivity index (χ1v) is 12.7. The summed E-state index contributed by atoms with van der Waals surface area (Å²) in [5, 5.41) is 9.20. The van der Waals surface area contributed by atoms with Crippen LogP contribution in [-0.4, -0.2) is 4.57 Å². The maximum absolute atomic E-state index is 2.52. The third kappa shape index (κ3) is 2.40. The Kier molecular flexibility index (Phi) is 3.79. The van der Waals surface area contributed by atoms with Gasteiger partial charge in [0.25, 0.3) is 0 Å². The molecule has 0 N–H and O–H groups in total. The van der Waals surface area contributed by atoms with Gasteiger partial charge in [0.15, 0.2) is 0 Å². The first-order chi connectivity index (χ1) is 17.6. The zero-order valence-corrected chi connectivity index (χ0v) is 20.4. The molecule has 36 heavy (non-hydrogen) atoms. The van der Waals surface area contributed by atoms with Gasteiger partial charge in [-0.2, -0.15) is 0 Å². The van der Waals surface area contributed by atoms with Crippen molar-refractivity contribution in [2.75, 3.05) is 0 Å². The van der Waals surface area contributed by atoms with Crippen LogP contribution in [0.5, 0.6) is 0 Å². The maximum atomic E-state index is 2.52. The molecule has 0 fully saturated rings. The van der Waals surface area contributed by atoms with Gasteiger partial charge >= 0.3 is 0 Å². The van der Waals surface area contributed by atoms with Gasteiger partial charge in [-0.3, -0.25) is 0 Å². The summed E-state index contributed by atoms with van der Waals surface area (Å²) < 4.78 is 2.52. The summed E-state index contributed by atoms with van der Waals surface area (Å²) in [7, 11) is 0. The molecule has 0 aliphatic heterocycles. The van der Waals surface area contributed by atoms with Crippen molar-refractivity contribution in [1.29, 1.82) is 0 Å². The number of para-hydroxylation sites is 1. The van der Waals surface area contributed by atoms with Crippen LogP contribution < -0.4 is 0 Å². The van der Waals surface area contributed by atoms with E-state index in [2.05, 4.69) is 134 Å². The molecule has 7 aromatic rings. The summed E-state index contributed by atoms with van der Waals surface area (Å²) in [5.41, 5.74) is 7.95. The van der Waals surface area contributed by atoms with Gasteiger partial charge in [0.05, 0.1) is 5.52 Å². The van der Waals surface area contributed by atoms with Crippen LogP contribution >= 0.6 is 0 Å². The summed E-state index contributed by atoms with van der Waals surface area (Å²) in [6, 6.07) is 42.5. The van der Waals surface area contributed by atoms with Crippen molar-refractivity contribution >= 4 is 43.2 Å². The van der Waals surface area contributed by atoms with E-state index in [-0.39, 0.29) is 5.41 Å². The predicted molar refractivity (Wildman–Crippen MR) is 153 cm³/mol. The first kappa shape index (κ1) is 19.9. The molecule has 0 saturated carbocycles. The van der Waals surface area contributed by atoms with Gasteiger partial charge in [0.2, 0.25) is 0 Å². The number of benzene rings is 6. The summed E-state index contributed by atoms with van der Waals surface area (Å²) in [6.45, 7) is 4.74. The second-order valence-corrected chi connectivity index (χ2v) is 10.6. The molecule has 6 aromatic carbocycles. The highest BCUT2D eigenvalue weighted by Crippen LogP contribution is 2.53. The Hall–Kier alpha value is -4.36. The standard InChI is InChI=1S/C35H25N/c1-35(2)31-17-9-7-15-28(31)33-29-16-8-10-18-32(29)36(34(33)35)22-19-20-27-25-13-4-3-11-23(25)24-12-5-6-14-26(24)30(27)21-22/h3-21H,1-2H3. The monoisotopic (exact) mass is 459 g/mol. The number of aromatic nitrogens is 1. The molecule has 1 heterocycles. The molecule has 1 aliphatic carbocycles. The summed E-state index contributed by atoms with van der Waals surface area (Å²) in [5.74, 6) is 0. The highest BCUT2D eigenvalue weighted by Gasteiger charge is 2.40. The number of hydrogen-bond donors (Lipinski definition) is 0. The van der Waals surface area contributed by atoms with Gasteiger partial charge in [0.1, 0.15) is 0 Å². The minimum absolute atomic E-state index is 0.0919. The second-order valence-electron chi connectivity index (χ2n) is 10.6. The highest BCUT2D eigenvalue weighted by molar-refractivity contribution is 6.25. The Bertz CT molecular complexity index is 1980. The maximum Gasteiger partial charge on any atom is 0.0538 e. The summed E-state index contributed by atoms with van der Waals surface area (Å²) in [6.07, 6.45) is 0. The summed E-state index contributed by atoms with van der Waals surface area (Å²) >= 11 is 0. The highest BCUT2D eigenvalue weighted by atomic mass is 15.0. The predicted octanol–water partition coefficient (Wildman–Crippen LogP) is 9.40. The molecule has 0 bridgehead atoms. The van der Waals surface area contributed by atoms with E-state index in [0.717, 1.165) is 0 Å². The van der Waals surface area contributed by atoms with Gasteiger partial charge in [-0.05, 0) is 61.6 Å². The van der Waals surface area contributed by atoms with Crippen molar-refractivity contribution in [3.05, 3.63) is 127 Å². The van der Waals surface area contributed by atoms with Crippen molar-refractivity contribution in [3.8, 4) is 16.8 Å². The van der Waals surface area contributed by atoms with E-state index in [1.165, 1.54) is 71.3 Å². The largest absolute Gasteiger partial charge is 0.312 e. The Morgan fingerprint density at radius 1 is 0.500 bits per heavy atom. The SMILES string of the molecule is CC1(C)c2ccccc2-c2c1n(-c1ccc3c4ccccc4c4ccccc4c3c1)c1ccccc21. The number of fused-ring (bicyclic) bond motifs is 11. The lowest BCUT2D eigenvalue weighted by Gasteiger charge is -2.25. The van der Waals surface area contributed by atoms with E-state index in [0.29, 0.717) is 0 Å². The van der Waals surface area contributed by atoms with Gasteiger partial charge < -0.3 is 4.57 Å². The first-order valence-electron chi connectivity index (χ1n) is 12.7. The minimum atomic E-state index is -0.0919. The van der Waals surface area contributed by atoms with E-state index < -0.39 is 0 Å². The van der Waals surface area contributed by atoms with Crippen molar-refractivity contribution < 1.29 is 0 Å². The third-order valence-electron chi connectivity index (χ3n) is 8.32. The molecular weight excluding hydrogens is 434 g/mol. The van der Waals surface area contributed by atoms with Gasteiger partial charge in [0, 0.05) is 27.7 Å². The van der Waals surface area contributed by atoms with Crippen LogP contribution in [0.4, 0.5) is 0 Å². The Morgan fingerprint density at radius 2 is 1.03 bits per heavy atom. The quantitative estimate of drug-likeness (QED) is 0.215. The normalized spacial score (nSPS) is 14.1. The molecule has 1 heteroatoms. The van der Waals surface area contributed by atoms with Gasteiger partial charge in [-0.15, -0.1) is 0 Å². The number of hydrogen-bond acceptors (Lipinski definition) is 0. The fourth-order valence-corrected chi connectivity index (χ4v) is 6.78. The van der Waals surface area contributed by atoms with Crippen molar-refractivity contribution in [2.24, 2.45) is 0 Å². The van der Waals surface area contributed by atoms with Crippen LogP contribution in [0.25, 0.3) is 60.0 Å². The zero-order chi connectivity index (χ0) is 24.0. The van der Waals surface area contributed by atoms with Crippen molar-refractivity contribution in [2.45, 2.75) is 19.3 Å².